The zero-order chi connectivity index (χ0) is 18.6. The molecular weight excluding hydrogens is 342 g/mol. The fraction of sp³-hybridized carbons (Fsp3) is 0.0952. The molecule has 0 aliphatic heterocycles. The lowest BCUT2D eigenvalue weighted by Crippen LogP contribution is -2.30. The van der Waals surface area contributed by atoms with Crippen molar-refractivity contribution in [2.24, 2.45) is 0 Å². The van der Waals surface area contributed by atoms with Crippen molar-refractivity contribution >= 4 is 22.4 Å². The van der Waals surface area contributed by atoms with Gasteiger partial charge in [0.15, 0.2) is 6.10 Å². The standard InChI is InChI=1S/C21H17N3O3/c1-14(27-17-11-9-16(10-12-17)21-24-22-13-26-21)20(25)23-19-8-4-6-15-5-2-3-7-18(15)19/h2-14H,1H3,(H,23,25)/t14-/m1/s1. The van der Waals surface area contributed by atoms with Crippen LogP contribution in [0.15, 0.2) is 77.5 Å². The largest absolute Gasteiger partial charge is 0.481 e. The van der Waals surface area contributed by atoms with Gasteiger partial charge in [0, 0.05) is 16.6 Å². The maximum absolute atomic E-state index is 12.5. The Hall–Kier alpha value is -3.67. The molecular formula is C21H17N3O3. The molecule has 0 unspecified atom stereocenters. The Morgan fingerprint density at radius 2 is 1.81 bits per heavy atom. The second kappa shape index (κ2) is 7.29. The average molecular weight is 359 g/mol. The number of nitrogens with zero attached hydrogens (tertiary/aromatic N) is 2. The van der Waals surface area contributed by atoms with E-state index in [2.05, 4.69) is 15.5 Å². The molecule has 6 nitrogen and oxygen atoms in total. The molecule has 0 saturated carbocycles. The van der Waals surface area contributed by atoms with Gasteiger partial charge in [-0.2, -0.15) is 0 Å². The maximum Gasteiger partial charge on any atom is 0.265 e. The third-order valence-electron chi connectivity index (χ3n) is 4.19. The zero-order valence-corrected chi connectivity index (χ0v) is 14.6. The highest BCUT2D eigenvalue weighted by molar-refractivity contribution is 6.03. The van der Waals surface area contributed by atoms with E-state index in [4.69, 9.17) is 9.15 Å². The van der Waals surface area contributed by atoms with Crippen molar-refractivity contribution < 1.29 is 13.9 Å². The summed E-state index contributed by atoms with van der Waals surface area (Å²) < 4.78 is 10.9. The van der Waals surface area contributed by atoms with Crippen LogP contribution in [0.25, 0.3) is 22.2 Å². The number of hydrogen-bond donors (Lipinski definition) is 1. The number of ether oxygens (including phenoxy) is 1. The molecule has 4 aromatic rings. The molecule has 0 radical (unpaired) electrons. The summed E-state index contributed by atoms with van der Waals surface area (Å²) in [6.07, 6.45) is 0.623. The molecule has 1 atom stereocenters. The number of rotatable bonds is 5. The van der Waals surface area contributed by atoms with E-state index >= 15 is 0 Å². The van der Waals surface area contributed by atoms with Crippen molar-refractivity contribution in [3.63, 3.8) is 0 Å². The summed E-state index contributed by atoms with van der Waals surface area (Å²) in [4.78, 5) is 12.5. The molecule has 27 heavy (non-hydrogen) atoms. The molecule has 3 aromatic carbocycles. The summed E-state index contributed by atoms with van der Waals surface area (Å²) in [5.41, 5.74) is 1.55. The van der Waals surface area contributed by atoms with Crippen LogP contribution in [0.1, 0.15) is 6.92 Å². The summed E-state index contributed by atoms with van der Waals surface area (Å²) in [6.45, 7) is 1.71. The number of fused-ring (bicyclic) bond motifs is 1. The number of carbonyl (C=O) groups excluding carboxylic acids is 1. The van der Waals surface area contributed by atoms with Crippen LogP contribution in [0.5, 0.6) is 5.75 Å². The normalized spacial score (nSPS) is 11.9. The van der Waals surface area contributed by atoms with Crippen LogP contribution >= 0.6 is 0 Å². The van der Waals surface area contributed by atoms with Crippen LogP contribution < -0.4 is 10.1 Å². The van der Waals surface area contributed by atoms with Crippen molar-refractivity contribution in [1.82, 2.24) is 10.2 Å². The minimum absolute atomic E-state index is 0.215. The van der Waals surface area contributed by atoms with E-state index in [9.17, 15) is 4.79 Å². The Kier molecular flexibility index (Phi) is 4.53. The molecule has 134 valence electrons. The quantitative estimate of drug-likeness (QED) is 0.575. The molecule has 1 heterocycles. The van der Waals surface area contributed by atoms with Crippen LogP contribution in [0.2, 0.25) is 0 Å². The summed E-state index contributed by atoms with van der Waals surface area (Å²) in [5.74, 6) is 0.800. The molecule has 0 fully saturated rings. The van der Waals surface area contributed by atoms with Crippen molar-refractivity contribution in [3.05, 3.63) is 73.1 Å². The fourth-order valence-corrected chi connectivity index (χ4v) is 2.80. The molecule has 4 rings (SSSR count). The predicted molar refractivity (Wildman–Crippen MR) is 102 cm³/mol. The monoisotopic (exact) mass is 359 g/mol. The minimum atomic E-state index is -0.654. The second-order valence-electron chi connectivity index (χ2n) is 6.04. The smallest absolute Gasteiger partial charge is 0.265 e. The van der Waals surface area contributed by atoms with Crippen LogP contribution in [-0.2, 0) is 4.79 Å². The van der Waals surface area contributed by atoms with Gasteiger partial charge in [0.2, 0.25) is 12.3 Å². The highest BCUT2D eigenvalue weighted by atomic mass is 16.5. The number of hydrogen-bond acceptors (Lipinski definition) is 5. The highest BCUT2D eigenvalue weighted by Gasteiger charge is 2.16. The number of nitrogens with one attached hydrogen (secondary N) is 1. The van der Waals surface area contributed by atoms with Gasteiger partial charge in [-0.3, -0.25) is 4.79 Å². The lowest BCUT2D eigenvalue weighted by Gasteiger charge is -2.16. The van der Waals surface area contributed by atoms with Gasteiger partial charge >= 0.3 is 0 Å². The van der Waals surface area contributed by atoms with E-state index < -0.39 is 6.10 Å². The van der Waals surface area contributed by atoms with Gasteiger partial charge in [-0.25, -0.2) is 0 Å². The van der Waals surface area contributed by atoms with Gasteiger partial charge < -0.3 is 14.5 Å². The molecule has 0 bridgehead atoms. The van der Waals surface area contributed by atoms with Gasteiger partial charge in [-0.1, -0.05) is 36.4 Å². The molecule has 0 spiro atoms. The van der Waals surface area contributed by atoms with Crippen molar-refractivity contribution in [1.29, 1.82) is 0 Å². The Bertz CT molecular complexity index is 1050. The number of aromatic nitrogens is 2. The number of amides is 1. The van der Waals surface area contributed by atoms with E-state index in [-0.39, 0.29) is 5.91 Å². The Balaban J connectivity index is 1.45. The van der Waals surface area contributed by atoms with Gasteiger partial charge in [0.25, 0.3) is 5.91 Å². The highest BCUT2D eigenvalue weighted by Crippen LogP contribution is 2.24. The molecule has 1 aromatic heterocycles. The molecule has 1 N–H and O–H groups in total. The van der Waals surface area contributed by atoms with Crippen LogP contribution in [0.4, 0.5) is 5.69 Å². The van der Waals surface area contributed by atoms with E-state index in [1.54, 1.807) is 31.2 Å². The van der Waals surface area contributed by atoms with Crippen LogP contribution in [0.3, 0.4) is 0 Å². The fourth-order valence-electron chi connectivity index (χ4n) is 2.80. The second-order valence-corrected chi connectivity index (χ2v) is 6.04. The van der Waals surface area contributed by atoms with Gasteiger partial charge in [0.1, 0.15) is 5.75 Å². The summed E-state index contributed by atoms with van der Waals surface area (Å²) in [6, 6.07) is 20.9. The van der Waals surface area contributed by atoms with Crippen molar-refractivity contribution in [2.75, 3.05) is 5.32 Å². The first-order valence-corrected chi connectivity index (χ1v) is 8.52. The third-order valence-corrected chi connectivity index (χ3v) is 4.19. The van der Waals surface area contributed by atoms with Crippen LogP contribution in [-0.4, -0.2) is 22.2 Å². The Morgan fingerprint density at radius 1 is 1.04 bits per heavy atom. The summed E-state index contributed by atoms with van der Waals surface area (Å²) in [7, 11) is 0. The topological polar surface area (TPSA) is 77.2 Å². The van der Waals surface area contributed by atoms with Gasteiger partial charge in [-0.05, 0) is 42.6 Å². The predicted octanol–water partition coefficient (Wildman–Crippen LogP) is 4.30. The molecule has 0 aliphatic carbocycles. The minimum Gasteiger partial charge on any atom is -0.481 e. The lowest BCUT2D eigenvalue weighted by molar-refractivity contribution is -0.122. The molecule has 6 heteroatoms. The number of anilines is 1. The van der Waals surface area contributed by atoms with E-state index in [0.717, 1.165) is 22.0 Å². The Morgan fingerprint density at radius 3 is 2.59 bits per heavy atom. The van der Waals surface area contributed by atoms with Crippen molar-refractivity contribution in [3.8, 4) is 17.2 Å². The SMILES string of the molecule is C[C@@H](Oc1ccc(-c2nnco2)cc1)C(=O)Nc1cccc2ccccc12. The van der Waals surface area contributed by atoms with Crippen LogP contribution in [0, 0.1) is 0 Å². The third kappa shape index (κ3) is 3.64. The molecule has 0 aliphatic rings. The molecule has 0 saturated heterocycles. The number of carbonyl (C=O) groups is 1. The first-order chi connectivity index (χ1) is 13.2. The van der Waals surface area contributed by atoms with E-state index in [0.29, 0.717) is 11.6 Å². The van der Waals surface area contributed by atoms with Crippen molar-refractivity contribution in [2.45, 2.75) is 13.0 Å². The van der Waals surface area contributed by atoms with Gasteiger partial charge in [-0.15, -0.1) is 10.2 Å². The lowest BCUT2D eigenvalue weighted by atomic mass is 10.1. The van der Waals surface area contributed by atoms with E-state index in [1.807, 2.05) is 42.5 Å². The first kappa shape index (κ1) is 16.8. The summed E-state index contributed by atoms with van der Waals surface area (Å²) >= 11 is 0. The number of benzene rings is 3. The average Bonchev–Trinajstić information content (AvgIpc) is 3.23. The maximum atomic E-state index is 12.5. The summed E-state index contributed by atoms with van der Waals surface area (Å²) in [5, 5.41) is 12.5. The first-order valence-electron chi connectivity index (χ1n) is 8.52. The van der Waals surface area contributed by atoms with E-state index in [1.165, 1.54) is 6.39 Å². The van der Waals surface area contributed by atoms with Gasteiger partial charge in [0.05, 0.1) is 0 Å². The Labute approximate surface area is 155 Å². The zero-order valence-electron chi connectivity index (χ0n) is 14.6. The molecule has 1 amide bonds.